The molecule has 0 bridgehead atoms. The SMILES string of the molecule is Cc1c(C)c(O)c(/C=C/Cc2nc3ccc(C(=O)NCCCO)cc3[nH]2)c(C)c1O. The van der Waals surface area contributed by atoms with Crippen LogP contribution in [-0.2, 0) is 6.42 Å². The minimum atomic E-state index is -0.193. The van der Waals surface area contributed by atoms with Crippen LogP contribution in [0.5, 0.6) is 11.5 Å². The molecule has 0 saturated heterocycles. The summed E-state index contributed by atoms with van der Waals surface area (Å²) in [6.45, 7) is 5.79. The highest BCUT2D eigenvalue weighted by Crippen LogP contribution is 2.36. The fourth-order valence-electron chi connectivity index (χ4n) is 3.32. The molecule has 0 aliphatic rings. The number of aromatic amines is 1. The number of hydrogen-bond acceptors (Lipinski definition) is 5. The summed E-state index contributed by atoms with van der Waals surface area (Å²) in [6, 6.07) is 5.26. The summed E-state index contributed by atoms with van der Waals surface area (Å²) in [6.07, 6.45) is 4.67. The Hall–Kier alpha value is -3.32. The molecule has 0 aliphatic carbocycles. The third kappa shape index (κ3) is 4.31. The van der Waals surface area contributed by atoms with Crippen molar-refractivity contribution in [2.75, 3.05) is 13.2 Å². The van der Waals surface area contributed by atoms with E-state index in [-0.39, 0.29) is 24.0 Å². The average molecular weight is 409 g/mol. The maximum atomic E-state index is 12.2. The Morgan fingerprint density at radius 2 is 1.87 bits per heavy atom. The predicted molar refractivity (Wildman–Crippen MR) is 117 cm³/mol. The van der Waals surface area contributed by atoms with Crippen molar-refractivity contribution in [2.24, 2.45) is 0 Å². The number of H-pyrrole nitrogens is 1. The highest BCUT2D eigenvalue weighted by Gasteiger charge is 2.14. The fourth-order valence-corrected chi connectivity index (χ4v) is 3.32. The Kier molecular flexibility index (Phi) is 6.42. The second-order valence-electron chi connectivity index (χ2n) is 7.34. The number of phenols is 2. The minimum Gasteiger partial charge on any atom is -0.507 e. The van der Waals surface area contributed by atoms with Crippen molar-refractivity contribution in [1.82, 2.24) is 15.3 Å². The molecule has 0 fully saturated rings. The van der Waals surface area contributed by atoms with Gasteiger partial charge in [0.1, 0.15) is 17.3 Å². The van der Waals surface area contributed by atoms with E-state index in [1.165, 1.54) is 0 Å². The lowest BCUT2D eigenvalue weighted by molar-refractivity contribution is 0.0951. The number of fused-ring (bicyclic) bond motifs is 1. The Morgan fingerprint density at radius 1 is 1.13 bits per heavy atom. The Balaban J connectivity index is 1.77. The number of allylic oxidation sites excluding steroid dienone is 1. The normalized spacial score (nSPS) is 11.5. The van der Waals surface area contributed by atoms with Crippen LogP contribution < -0.4 is 5.32 Å². The van der Waals surface area contributed by atoms with Gasteiger partial charge in [-0.3, -0.25) is 4.79 Å². The monoisotopic (exact) mass is 409 g/mol. The number of benzene rings is 2. The van der Waals surface area contributed by atoms with E-state index >= 15 is 0 Å². The molecule has 3 aromatic rings. The largest absolute Gasteiger partial charge is 0.507 e. The number of imidazole rings is 1. The first-order valence-corrected chi connectivity index (χ1v) is 9.89. The standard InChI is InChI=1S/C23H27N3O4/c1-13-14(2)22(29)17(15(3)21(13)28)6-4-7-20-25-18-9-8-16(12-19(18)26-20)23(30)24-10-5-11-27/h4,6,8-9,12,27-29H,5,7,10-11H2,1-3H3,(H,24,30)(H,25,26)/b6-4+. The second-order valence-corrected chi connectivity index (χ2v) is 7.34. The number of rotatable bonds is 7. The van der Waals surface area contributed by atoms with Crippen molar-refractivity contribution in [3.05, 3.63) is 57.9 Å². The topological polar surface area (TPSA) is 118 Å². The van der Waals surface area contributed by atoms with E-state index in [2.05, 4.69) is 15.3 Å². The van der Waals surface area contributed by atoms with E-state index in [4.69, 9.17) is 5.11 Å². The van der Waals surface area contributed by atoms with E-state index in [0.29, 0.717) is 47.2 Å². The number of nitrogens with one attached hydrogen (secondary N) is 2. The van der Waals surface area contributed by atoms with Crippen molar-refractivity contribution in [3.8, 4) is 11.5 Å². The highest BCUT2D eigenvalue weighted by atomic mass is 16.3. The molecule has 1 aromatic heterocycles. The zero-order valence-corrected chi connectivity index (χ0v) is 17.4. The summed E-state index contributed by atoms with van der Waals surface area (Å²) < 4.78 is 0. The summed E-state index contributed by atoms with van der Waals surface area (Å²) in [7, 11) is 0. The predicted octanol–water partition coefficient (Wildman–Crippen LogP) is 3.27. The first kappa shape index (κ1) is 21.4. The number of hydrogen-bond donors (Lipinski definition) is 5. The highest BCUT2D eigenvalue weighted by molar-refractivity contribution is 5.97. The number of aliphatic hydroxyl groups is 1. The molecule has 1 heterocycles. The number of carbonyl (C=O) groups is 1. The summed E-state index contributed by atoms with van der Waals surface area (Å²) in [5, 5.41) is 32.2. The van der Waals surface area contributed by atoms with Crippen molar-refractivity contribution in [3.63, 3.8) is 0 Å². The van der Waals surface area contributed by atoms with Crippen LogP contribution in [0, 0.1) is 20.8 Å². The Morgan fingerprint density at radius 3 is 2.60 bits per heavy atom. The smallest absolute Gasteiger partial charge is 0.251 e. The lowest BCUT2D eigenvalue weighted by atomic mass is 9.97. The van der Waals surface area contributed by atoms with Gasteiger partial charge < -0.3 is 25.6 Å². The molecular weight excluding hydrogens is 382 g/mol. The molecular formula is C23H27N3O4. The van der Waals surface area contributed by atoms with Crippen LogP contribution in [0.1, 0.15) is 44.9 Å². The molecule has 0 aliphatic heterocycles. The molecule has 5 N–H and O–H groups in total. The van der Waals surface area contributed by atoms with Crippen LogP contribution >= 0.6 is 0 Å². The number of amides is 1. The van der Waals surface area contributed by atoms with Gasteiger partial charge in [0, 0.05) is 36.3 Å². The summed E-state index contributed by atoms with van der Waals surface area (Å²) in [5.74, 6) is 0.894. The molecule has 30 heavy (non-hydrogen) atoms. The Bertz CT molecular complexity index is 1090. The van der Waals surface area contributed by atoms with E-state index in [9.17, 15) is 15.0 Å². The van der Waals surface area contributed by atoms with Crippen LogP contribution in [0.3, 0.4) is 0 Å². The lowest BCUT2D eigenvalue weighted by Crippen LogP contribution is -2.24. The minimum absolute atomic E-state index is 0.0375. The number of nitrogens with zero attached hydrogens (tertiary/aromatic N) is 1. The van der Waals surface area contributed by atoms with Gasteiger partial charge in [0.15, 0.2) is 0 Å². The van der Waals surface area contributed by atoms with Gasteiger partial charge in [0.25, 0.3) is 5.91 Å². The summed E-state index contributed by atoms with van der Waals surface area (Å²) >= 11 is 0. The average Bonchev–Trinajstić information content (AvgIpc) is 3.15. The maximum Gasteiger partial charge on any atom is 0.251 e. The molecule has 0 atom stereocenters. The van der Waals surface area contributed by atoms with Crippen LogP contribution in [-0.4, -0.2) is 44.3 Å². The molecule has 2 aromatic carbocycles. The second kappa shape index (κ2) is 9.00. The van der Waals surface area contributed by atoms with Gasteiger partial charge in [-0.25, -0.2) is 4.98 Å². The van der Waals surface area contributed by atoms with Crippen LogP contribution in [0.15, 0.2) is 24.3 Å². The summed E-state index contributed by atoms with van der Waals surface area (Å²) in [5.41, 5.74) is 4.60. The fraction of sp³-hybridized carbons (Fsp3) is 0.304. The van der Waals surface area contributed by atoms with Crippen LogP contribution in [0.2, 0.25) is 0 Å². The molecule has 7 nitrogen and oxygen atoms in total. The van der Waals surface area contributed by atoms with Crippen LogP contribution in [0.4, 0.5) is 0 Å². The van der Waals surface area contributed by atoms with Crippen molar-refractivity contribution < 1.29 is 20.1 Å². The molecule has 3 rings (SSSR count). The first-order chi connectivity index (χ1) is 14.3. The van der Waals surface area contributed by atoms with Gasteiger partial charge in [-0.2, -0.15) is 0 Å². The molecule has 0 spiro atoms. The van der Waals surface area contributed by atoms with Crippen molar-refractivity contribution >= 4 is 23.0 Å². The van der Waals surface area contributed by atoms with E-state index in [1.54, 1.807) is 45.0 Å². The lowest BCUT2D eigenvalue weighted by Gasteiger charge is -2.13. The zero-order valence-electron chi connectivity index (χ0n) is 17.4. The number of aliphatic hydroxyl groups excluding tert-OH is 1. The summed E-state index contributed by atoms with van der Waals surface area (Å²) in [4.78, 5) is 19.9. The molecule has 1 amide bonds. The van der Waals surface area contributed by atoms with Crippen molar-refractivity contribution in [2.45, 2.75) is 33.6 Å². The van der Waals surface area contributed by atoms with E-state index in [0.717, 1.165) is 16.9 Å². The number of aromatic nitrogens is 2. The quantitative estimate of drug-likeness (QED) is 0.303. The van der Waals surface area contributed by atoms with E-state index in [1.807, 2.05) is 6.08 Å². The third-order valence-corrected chi connectivity index (χ3v) is 5.30. The maximum absolute atomic E-state index is 12.2. The number of phenolic OH excluding ortho intramolecular Hbond substituents is 2. The van der Waals surface area contributed by atoms with Crippen LogP contribution in [0.25, 0.3) is 17.1 Å². The zero-order chi connectivity index (χ0) is 21.8. The van der Waals surface area contributed by atoms with E-state index < -0.39 is 0 Å². The van der Waals surface area contributed by atoms with Gasteiger partial charge in [-0.1, -0.05) is 12.2 Å². The number of aromatic hydroxyl groups is 2. The molecule has 0 radical (unpaired) electrons. The third-order valence-electron chi connectivity index (χ3n) is 5.30. The van der Waals surface area contributed by atoms with Gasteiger partial charge in [0.2, 0.25) is 0 Å². The molecule has 7 heteroatoms. The first-order valence-electron chi connectivity index (χ1n) is 9.89. The van der Waals surface area contributed by atoms with Gasteiger partial charge in [-0.15, -0.1) is 0 Å². The number of carbonyl (C=O) groups excluding carboxylic acids is 1. The molecule has 0 unspecified atom stereocenters. The Labute approximate surface area is 175 Å². The van der Waals surface area contributed by atoms with Gasteiger partial charge >= 0.3 is 0 Å². The van der Waals surface area contributed by atoms with Crippen molar-refractivity contribution in [1.29, 1.82) is 0 Å². The molecule has 158 valence electrons. The van der Waals surface area contributed by atoms with Gasteiger partial charge in [-0.05, 0) is 56.5 Å². The van der Waals surface area contributed by atoms with Gasteiger partial charge in [0.05, 0.1) is 11.0 Å². The molecule has 0 saturated carbocycles.